The van der Waals surface area contributed by atoms with E-state index in [-0.39, 0.29) is 5.78 Å². The Kier molecular flexibility index (Phi) is 11.8. The van der Waals surface area contributed by atoms with Crippen LogP contribution < -0.4 is 0 Å². The third-order valence-corrected chi connectivity index (χ3v) is 3.12. The Balaban J connectivity index is 0. The van der Waals surface area contributed by atoms with Crippen LogP contribution in [0.5, 0.6) is 0 Å². The van der Waals surface area contributed by atoms with Gasteiger partial charge in [-0.2, -0.15) is 0 Å². The topological polar surface area (TPSA) is 17.1 Å². The maximum Gasteiger partial charge on any atom is 0.126 e. The van der Waals surface area contributed by atoms with E-state index in [4.69, 9.17) is 0 Å². The van der Waals surface area contributed by atoms with Crippen molar-refractivity contribution in [1.29, 1.82) is 0 Å². The van der Waals surface area contributed by atoms with Crippen LogP contribution in [0, 0.1) is 17.8 Å². The molecule has 2 unspecified atom stereocenters. The minimum Gasteiger partial charge on any atom is -0.300 e. The summed E-state index contributed by atoms with van der Waals surface area (Å²) in [5, 5.41) is 0. The molecule has 0 amide bonds. The molecule has 0 saturated carbocycles. The summed E-state index contributed by atoms with van der Waals surface area (Å²) in [5.74, 6) is 2.24. The van der Waals surface area contributed by atoms with Gasteiger partial charge in [-0.1, -0.05) is 58.6 Å². The Morgan fingerprint density at radius 2 is 1.56 bits per heavy atom. The molecular formula is C17H30O. The highest BCUT2D eigenvalue weighted by atomic mass is 16.1. The molecule has 0 rings (SSSR count). The fourth-order valence-corrected chi connectivity index (χ4v) is 1.57. The minimum atomic E-state index is 0.167. The number of carbonyl (C=O) groups excluding carboxylic acids is 1. The summed E-state index contributed by atoms with van der Waals surface area (Å²) in [5.41, 5.74) is 1.41. The average Bonchev–Trinajstić information content (AvgIpc) is 2.27. The van der Waals surface area contributed by atoms with Crippen molar-refractivity contribution in [2.24, 2.45) is 17.8 Å². The molecule has 0 heterocycles. The second-order valence-electron chi connectivity index (χ2n) is 5.18. The van der Waals surface area contributed by atoms with Gasteiger partial charge in [0.2, 0.25) is 0 Å². The molecule has 1 heteroatoms. The van der Waals surface area contributed by atoms with Crippen molar-refractivity contribution in [3.05, 3.63) is 36.5 Å². The third kappa shape index (κ3) is 10.1. The number of hydrogen-bond donors (Lipinski definition) is 0. The van der Waals surface area contributed by atoms with E-state index < -0.39 is 0 Å². The van der Waals surface area contributed by atoms with Crippen molar-refractivity contribution in [3.63, 3.8) is 0 Å². The van der Waals surface area contributed by atoms with Crippen LogP contribution in [0.4, 0.5) is 0 Å². The maximum absolute atomic E-state index is 9.44. The lowest BCUT2D eigenvalue weighted by atomic mass is 9.81. The normalized spacial score (nSPS) is 15.0. The van der Waals surface area contributed by atoms with E-state index in [1.54, 1.807) is 0 Å². The highest BCUT2D eigenvalue weighted by molar-refractivity contribution is 5.72. The van der Waals surface area contributed by atoms with Crippen molar-refractivity contribution in [1.82, 2.24) is 0 Å². The molecule has 0 aliphatic rings. The number of ketones is 1. The van der Waals surface area contributed by atoms with E-state index in [2.05, 4.69) is 53.3 Å². The van der Waals surface area contributed by atoms with Gasteiger partial charge in [-0.15, -0.1) is 0 Å². The zero-order valence-corrected chi connectivity index (χ0v) is 13.2. The molecule has 18 heavy (non-hydrogen) atoms. The first kappa shape index (κ1) is 19.2. The summed E-state index contributed by atoms with van der Waals surface area (Å²) in [7, 11) is 0. The number of rotatable bonds is 5. The molecule has 0 radical (unpaired) electrons. The Labute approximate surface area is 114 Å². The molecule has 0 N–H and O–H groups in total. The van der Waals surface area contributed by atoms with Crippen LogP contribution in [-0.4, -0.2) is 5.78 Å². The summed E-state index contributed by atoms with van der Waals surface area (Å²) in [6, 6.07) is 0. The SMILES string of the molecule is C=C/C=C\C(=C/C)C(C)C(C)C(C)C.CC(C)=O. The first-order chi connectivity index (χ1) is 8.27. The molecule has 0 fully saturated rings. The van der Waals surface area contributed by atoms with E-state index >= 15 is 0 Å². The predicted octanol–water partition coefficient (Wildman–Crippen LogP) is 5.20. The van der Waals surface area contributed by atoms with Gasteiger partial charge in [0.15, 0.2) is 0 Å². The van der Waals surface area contributed by atoms with Crippen molar-refractivity contribution >= 4 is 5.78 Å². The highest BCUT2D eigenvalue weighted by Crippen LogP contribution is 2.27. The fraction of sp³-hybridized carbons (Fsp3) is 0.588. The van der Waals surface area contributed by atoms with Gasteiger partial charge >= 0.3 is 0 Å². The molecule has 0 aliphatic carbocycles. The minimum absolute atomic E-state index is 0.167. The number of carbonyl (C=O) groups is 1. The van der Waals surface area contributed by atoms with E-state index in [0.717, 1.165) is 11.8 Å². The lowest BCUT2D eigenvalue weighted by Gasteiger charge is -2.24. The second kappa shape index (κ2) is 11.0. The first-order valence-electron chi connectivity index (χ1n) is 6.70. The van der Waals surface area contributed by atoms with Crippen LogP contribution in [0.25, 0.3) is 0 Å². The molecule has 1 nitrogen and oxygen atoms in total. The lowest BCUT2D eigenvalue weighted by molar-refractivity contribution is -0.114. The maximum atomic E-state index is 9.44. The summed E-state index contributed by atoms with van der Waals surface area (Å²) >= 11 is 0. The van der Waals surface area contributed by atoms with Crippen molar-refractivity contribution in [3.8, 4) is 0 Å². The van der Waals surface area contributed by atoms with Crippen LogP contribution in [-0.2, 0) is 4.79 Å². The van der Waals surface area contributed by atoms with E-state index in [0.29, 0.717) is 5.92 Å². The van der Waals surface area contributed by atoms with Gasteiger partial charge in [0.05, 0.1) is 0 Å². The zero-order valence-electron chi connectivity index (χ0n) is 13.2. The summed E-state index contributed by atoms with van der Waals surface area (Å²) in [6.45, 7) is 18.0. The second-order valence-corrected chi connectivity index (χ2v) is 5.18. The van der Waals surface area contributed by atoms with Crippen LogP contribution >= 0.6 is 0 Å². The van der Waals surface area contributed by atoms with Gasteiger partial charge in [0.1, 0.15) is 5.78 Å². The van der Waals surface area contributed by atoms with Crippen LogP contribution in [0.15, 0.2) is 36.5 Å². The van der Waals surface area contributed by atoms with Crippen LogP contribution in [0.2, 0.25) is 0 Å². The number of allylic oxidation sites excluding steroid dienone is 5. The summed E-state index contributed by atoms with van der Waals surface area (Å²) in [6.07, 6.45) is 8.20. The van der Waals surface area contributed by atoms with Gasteiger partial charge in [-0.05, 0) is 44.1 Å². The molecule has 0 bridgehead atoms. The Hall–Kier alpha value is -1.11. The van der Waals surface area contributed by atoms with Gasteiger partial charge in [-0.25, -0.2) is 0 Å². The molecule has 0 spiro atoms. The third-order valence-electron chi connectivity index (χ3n) is 3.12. The van der Waals surface area contributed by atoms with Gasteiger partial charge in [-0.3, -0.25) is 0 Å². The average molecular weight is 250 g/mol. The quantitative estimate of drug-likeness (QED) is 0.613. The van der Waals surface area contributed by atoms with Crippen LogP contribution in [0.1, 0.15) is 48.5 Å². The molecule has 0 saturated heterocycles. The van der Waals surface area contributed by atoms with Crippen molar-refractivity contribution in [2.75, 3.05) is 0 Å². The van der Waals surface area contributed by atoms with E-state index in [9.17, 15) is 4.79 Å². The molecule has 0 aromatic rings. The summed E-state index contributed by atoms with van der Waals surface area (Å²) in [4.78, 5) is 9.44. The largest absolute Gasteiger partial charge is 0.300 e. The molecule has 0 aromatic heterocycles. The number of Topliss-reactive ketones (excluding diaryl/α,β-unsaturated/α-hetero) is 1. The highest BCUT2D eigenvalue weighted by Gasteiger charge is 2.17. The van der Waals surface area contributed by atoms with E-state index in [1.807, 2.05) is 12.2 Å². The number of hydrogen-bond acceptors (Lipinski definition) is 1. The van der Waals surface area contributed by atoms with Gasteiger partial charge in [0, 0.05) is 0 Å². The molecule has 104 valence electrons. The van der Waals surface area contributed by atoms with Gasteiger partial charge in [0.25, 0.3) is 0 Å². The molecular weight excluding hydrogens is 220 g/mol. The van der Waals surface area contributed by atoms with E-state index in [1.165, 1.54) is 19.4 Å². The predicted molar refractivity (Wildman–Crippen MR) is 82.6 cm³/mol. The summed E-state index contributed by atoms with van der Waals surface area (Å²) < 4.78 is 0. The molecule has 2 atom stereocenters. The van der Waals surface area contributed by atoms with Gasteiger partial charge < -0.3 is 4.79 Å². The molecule has 0 aromatic carbocycles. The van der Waals surface area contributed by atoms with Crippen molar-refractivity contribution < 1.29 is 4.79 Å². The monoisotopic (exact) mass is 250 g/mol. The first-order valence-corrected chi connectivity index (χ1v) is 6.70. The smallest absolute Gasteiger partial charge is 0.126 e. The molecule has 0 aliphatic heterocycles. The lowest BCUT2D eigenvalue weighted by Crippen LogP contribution is -2.15. The standard InChI is InChI=1S/C14H24.C3H6O/c1-7-9-10-14(8-2)13(6)12(5)11(3)4;1-3(2)4/h7-13H,1H2,2-6H3;1-2H3/b10-9-,14-8+;. The Morgan fingerprint density at radius 1 is 1.11 bits per heavy atom. The zero-order chi connectivity index (χ0) is 14.7. The van der Waals surface area contributed by atoms with Crippen LogP contribution in [0.3, 0.4) is 0 Å². The fourth-order valence-electron chi connectivity index (χ4n) is 1.57. The van der Waals surface area contributed by atoms with Crippen molar-refractivity contribution in [2.45, 2.75) is 48.5 Å². The Bertz CT molecular complexity index is 291. The Morgan fingerprint density at radius 3 is 1.83 bits per heavy atom.